The quantitative estimate of drug-likeness (QED) is 0.659. The molecule has 0 atom stereocenters. The van der Waals surface area contributed by atoms with Crippen LogP contribution in [0.1, 0.15) is 10.4 Å². The van der Waals surface area contributed by atoms with Crippen molar-refractivity contribution in [2.45, 2.75) is 0 Å². The van der Waals surface area contributed by atoms with Gasteiger partial charge in [0.2, 0.25) is 0 Å². The molecule has 2 heteroatoms. The number of nitrogens with zero attached hydrogens (tertiary/aromatic N) is 1. The maximum atomic E-state index is 11.0. The molecule has 0 spiro atoms. The Labute approximate surface area is 117 Å². The third kappa shape index (κ3) is 2.36. The molecule has 0 bridgehead atoms. The van der Waals surface area contributed by atoms with Gasteiger partial charge in [0.25, 0.3) is 0 Å². The lowest BCUT2D eigenvalue weighted by atomic mass is 9.95. The first-order valence-electron chi connectivity index (χ1n) is 6.44. The number of hydrogen-bond acceptors (Lipinski definition) is 2. The van der Waals surface area contributed by atoms with Crippen LogP contribution in [0, 0.1) is 0 Å². The highest BCUT2D eigenvalue weighted by Gasteiger charge is 2.09. The van der Waals surface area contributed by atoms with Crippen LogP contribution in [-0.4, -0.2) is 11.3 Å². The zero-order chi connectivity index (χ0) is 13.8. The Morgan fingerprint density at radius 1 is 0.800 bits per heavy atom. The van der Waals surface area contributed by atoms with Gasteiger partial charge in [-0.1, -0.05) is 48.5 Å². The molecule has 3 aromatic rings. The van der Waals surface area contributed by atoms with Gasteiger partial charge in [0, 0.05) is 17.3 Å². The second-order valence-corrected chi connectivity index (χ2v) is 4.50. The van der Waals surface area contributed by atoms with Gasteiger partial charge in [-0.3, -0.25) is 9.78 Å². The summed E-state index contributed by atoms with van der Waals surface area (Å²) in [6.07, 6.45) is 2.65. The van der Waals surface area contributed by atoms with E-state index >= 15 is 0 Å². The van der Waals surface area contributed by atoms with Gasteiger partial charge in [-0.05, 0) is 29.3 Å². The van der Waals surface area contributed by atoms with Crippen molar-refractivity contribution >= 4 is 6.29 Å². The first-order valence-corrected chi connectivity index (χ1v) is 6.44. The van der Waals surface area contributed by atoms with E-state index in [2.05, 4.69) is 4.98 Å². The molecule has 0 radical (unpaired) electrons. The highest BCUT2D eigenvalue weighted by molar-refractivity contribution is 5.87. The normalized spacial score (nSPS) is 10.2. The smallest absolute Gasteiger partial charge is 0.150 e. The van der Waals surface area contributed by atoms with Crippen LogP contribution in [-0.2, 0) is 0 Å². The van der Waals surface area contributed by atoms with Crippen LogP contribution in [0.2, 0.25) is 0 Å². The molecule has 0 saturated carbocycles. The SMILES string of the molecule is O=Cc1ccc(-c2ccccn2)c(-c2ccccc2)c1. The molecule has 0 N–H and O–H groups in total. The van der Waals surface area contributed by atoms with E-state index in [-0.39, 0.29) is 0 Å². The minimum atomic E-state index is 0.670. The van der Waals surface area contributed by atoms with Gasteiger partial charge >= 0.3 is 0 Å². The van der Waals surface area contributed by atoms with Crippen LogP contribution >= 0.6 is 0 Å². The molecule has 0 unspecified atom stereocenters. The molecule has 3 rings (SSSR count). The lowest BCUT2D eigenvalue weighted by molar-refractivity contribution is 0.112. The third-order valence-electron chi connectivity index (χ3n) is 3.21. The topological polar surface area (TPSA) is 30.0 Å². The largest absolute Gasteiger partial charge is 0.298 e. The third-order valence-corrected chi connectivity index (χ3v) is 3.21. The number of pyridine rings is 1. The van der Waals surface area contributed by atoms with E-state index in [0.29, 0.717) is 5.56 Å². The Bertz CT molecular complexity index is 721. The number of aromatic nitrogens is 1. The lowest BCUT2D eigenvalue weighted by Crippen LogP contribution is -1.90. The molecule has 1 heterocycles. The van der Waals surface area contributed by atoms with Crippen molar-refractivity contribution in [1.29, 1.82) is 0 Å². The number of hydrogen-bond donors (Lipinski definition) is 0. The number of aldehydes is 1. The van der Waals surface area contributed by atoms with Crippen LogP contribution in [0.5, 0.6) is 0 Å². The second-order valence-electron chi connectivity index (χ2n) is 4.50. The summed E-state index contributed by atoms with van der Waals surface area (Å²) in [5.41, 5.74) is 4.71. The zero-order valence-corrected chi connectivity index (χ0v) is 10.9. The van der Waals surface area contributed by atoms with Gasteiger partial charge in [-0.25, -0.2) is 0 Å². The first-order chi connectivity index (χ1) is 9.88. The molecule has 2 nitrogen and oxygen atoms in total. The average molecular weight is 259 g/mol. The van der Waals surface area contributed by atoms with Crippen molar-refractivity contribution in [3.63, 3.8) is 0 Å². The van der Waals surface area contributed by atoms with Gasteiger partial charge in [0.1, 0.15) is 6.29 Å². The standard InChI is InChI=1S/C18H13NO/c20-13-14-9-10-16(18-8-4-5-11-19-18)17(12-14)15-6-2-1-3-7-15/h1-13H. The summed E-state index contributed by atoms with van der Waals surface area (Å²) in [6, 6.07) is 21.6. The maximum absolute atomic E-state index is 11.0. The molecule has 0 fully saturated rings. The summed E-state index contributed by atoms with van der Waals surface area (Å²) in [6.45, 7) is 0. The Morgan fingerprint density at radius 2 is 1.60 bits per heavy atom. The van der Waals surface area contributed by atoms with E-state index in [9.17, 15) is 4.79 Å². The number of benzene rings is 2. The van der Waals surface area contributed by atoms with E-state index in [1.165, 1.54) is 0 Å². The molecule has 0 aliphatic heterocycles. The second kappa shape index (κ2) is 5.49. The fourth-order valence-electron chi connectivity index (χ4n) is 2.24. The Kier molecular flexibility index (Phi) is 3.38. The fourth-order valence-corrected chi connectivity index (χ4v) is 2.24. The highest BCUT2D eigenvalue weighted by atomic mass is 16.1. The maximum Gasteiger partial charge on any atom is 0.150 e. The van der Waals surface area contributed by atoms with Gasteiger partial charge in [0.05, 0.1) is 5.69 Å². The number of rotatable bonds is 3. The molecule has 2 aromatic carbocycles. The predicted molar refractivity (Wildman–Crippen MR) is 80.5 cm³/mol. The number of carbonyl (C=O) groups excluding carboxylic acids is 1. The summed E-state index contributed by atoms with van der Waals surface area (Å²) < 4.78 is 0. The fraction of sp³-hybridized carbons (Fsp3) is 0. The van der Waals surface area contributed by atoms with E-state index in [4.69, 9.17) is 0 Å². The van der Waals surface area contributed by atoms with Gasteiger partial charge < -0.3 is 0 Å². The van der Waals surface area contributed by atoms with E-state index in [1.54, 1.807) is 6.20 Å². The summed E-state index contributed by atoms with van der Waals surface area (Å²) in [5, 5.41) is 0. The van der Waals surface area contributed by atoms with Crippen molar-refractivity contribution in [3.8, 4) is 22.4 Å². The molecule has 0 aliphatic rings. The summed E-state index contributed by atoms with van der Waals surface area (Å²) in [7, 11) is 0. The Hall–Kier alpha value is -2.74. The van der Waals surface area contributed by atoms with Crippen molar-refractivity contribution < 1.29 is 4.79 Å². The van der Waals surface area contributed by atoms with Crippen LogP contribution in [0.15, 0.2) is 72.9 Å². The van der Waals surface area contributed by atoms with Gasteiger partial charge in [-0.15, -0.1) is 0 Å². The zero-order valence-electron chi connectivity index (χ0n) is 10.9. The summed E-state index contributed by atoms with van der Waals surface area (Å²) in [4.78, 5) is 15.4. The van der Waals surface area contributed by atoms with Crippen molar-refractivity contribution in [2.24, 2.45) is 0 Å². The van der Waals surface area contributed by atoms with Gasteiger partial charge in [-0.2, -0.15) is 0 Å². The molecule has 20 heavy (non-hydrogen) atoms. The summed E-state index contributed by atoms with van der Waals surface area (Å²) >= 11 is 0. The Balaban J connectivity index is 2.23. The molecular weight excluding hydrogens is 246 g/mol. The first kappa shape index (κ1) is 12.3. The van der Waals surface area contributed by atoms with E-state index in [1.807, 2.05) is 66.7 Å². The van der Waals surface area contributed by atoms with Gasteiger partial charge in [0.15, 0.2) is 0 Å². The van der Waals surface area contributed by atoms with Crippen LogP contribution in [0.3, 0.4) is 0 Å². The highest BCUT2D eigenvalue weighted by Crippen LogP contribution is 2.31. The van der Waals surface area contributed by atoms with E-state index in [0.717, 1.165) is 28.7 Å². The van der Waals surface area contributed by atoms with E-state index < -0.39 is 0 Å². The summed E-state index contributed by atoms with van der Waals surface area (Å²) in [5.74, 6) is 0. The molecular formula is C18H13NO. The minimum absolute atomic E-state index is 0.670. The molecule has 0 aliphatic carbocycles. The lowest BCUT2D eigenvalue weighted by Gasteiger charge is -2.10. The Morgan fingerprint density at radius 3 is 2.30 bits per heavy atom. The minimum Gasteiger partial charge on any atom is -0.298 e. The molecule has 0 saturated heterocycles. The van der Waals surface area contributed by atoms with Crippen LogP contribution < -0.4 is 0 Å². The average Bonchev–Trinajstić information content (AvgIpc) is 2.56. The monoisotopic (exact) mass is 259 g/mol. The van der Waals surface area contributed by atoms with Crippen molar-refractivity contribution in [3.05, 3.63) is 78.5 Å². The molecule has 0 amide bonds. The predicted octanol–water partition coefficient (Wildman–Crippen LogP) is 4.23. The number of carbonyl (C=O) groups is 1. The van der Waals surface area contributed by atoms with Crippen molar-refractivity contribution in [1.82, 2.24) is 4.98 Å². The van der Waals surface area contributed by atoms with Crippen LogP contribution in [0.25, 0.3) is 22.4 Å². The van der Waals surface area contributed by atoms with Crippen LogP contribution in [0.4, 0.5) is 0 Å². The molecule has 96 valence electrons. The molecule has 1 aromatic heterocycles. The van der Waals surface area contributed by atoms with Crippen molar-refractivity contribution in [2.75, 3.05) is 0 Å².